The molecule has 0 N–H and O–H groups in total. The van der Waals surface area contributed by atoms with Gasteiger partial charge < -0.3 is 14.4 Å². The maximum absolute atomic E-state index is 12.0. The molecule has 0 atom stereocenters. The van der Waals surface area contributed by atoms with Gasteiger partial charge in [0.25, 0.3) is 0 Å². The summed E-state index contributed by atoms with van der Waals surface area (Å²) < 4.78 is 11.1. The van der Waals surface area contributed by atoms with Crippen molar-refractivity contribution in [3.63, 3.8) is 0 Å². The number of para-hydroxylation sites is 5. The van der Waals surface area contributed by atoms with E-state index >= 15 is 0 Å². The van der Waals surface area contributed by atoms with Crippen LogP contribution in [0.25, 0.3) is 32.6 Å². The quantitative estimate of drug-likeness (QED) is 0.214. The number of hydrogen-bond donors (Lipinski definition) is 0. The minimum Gasteiger partial charge on any atom is -0.465 e. The summed E-state index contributed by atoms with van der Waals surface area (Å²) in [6.45, 7) is 0. The number of thiophene rings is 1. The van der Waals surface area contributed by atoms with Crippen LogP contribution in [0.3, 0.4) is 0 Å². The van der Waals surface area contributed by atoms with Crippen molar-refractivity contribution in [1.29, 1.82) is 0 Å². The van der Waals surface area contributed by atoms with Gasteiger partial charge in [-0.1, -0.05) is 54.6 Å². The average molecular weight is 527 g/mol. The smallest absolute Gasteiger partial charge is 0.337 e. The molecule has 0 saturated heterocycles. The molecule has 39 heavy (non-hydrogen) atoms. The highest BCUT2D eigenvalue weighted by Crippen LogP contribution is 2.51. The monoisotopic (exact) mass is 526 g/mol. The number of carbonyl (C=O) groups is 1. The van der Waals surface area contributed by atoms with Gasteiger partial charge in [-0.3, -0.25) is 0 Å². The first-order valence-electron chi connectivity index (χ1n) is 12.5. The van der Waals surface area contributed by atoms with Crippen molar-refractivity contribution in [3.8, 4) is 33.2 Å². The molecule has 7 rings (SSSR count). The molecule has 0 saturated carbocycles. The third kappa shape index (κ3) is 3.93. The number of hydrogen-bond acceptors (Lipinski definition) is 6. The van der Waals surface area contributed by atoms with Crippen LogP contribution in [0.15, 0.2) is 115 Å². The number of anilines is 3. The topological polar surface area (TPSA) is 51.7 Å². The molecule has 0 unspecified atom stereocenters. The summed E-state index contributed by atoms with van der Waals surface area (Å²) in [6.07, 6.45) is 0. The third-order valence-electron chi connectivity index (χ3n) is 6.88. The molecule has 1 aliphatic rings. The predicted molar refractivity (Wildman–Crippen MR) is 157 cm³/mol. The van der Waals surface area contributed by atoms with Crippen molar-refractivity contribution in [2.45, 2.75) is 0 Å². The number of esters is 1. The summed E-state index contributed by atoms with van der Waals surface area (Å²) in [5.74, 6) is 1.22. The van der Waals surface area contributed by atoms with Crippen LogP contribution in [0.1, 0.15) is 10.4 Å². The van der Waals surface area contributed by atoms with E-state index in [1.807, 2.05) is 48.5 Å². The summed E-state index contributed by atoms with van der Waals surface area (Å²) in [6, 6.07) is 36.2. The SMILES string of the molecule is COC(=O)c1ccc(-c2cc(-c3cccs3)c3cccc(N4c5ccccc5Oc5ccccc54)c3n2)cc1. The molecule has 4 aromatic carbocycles. The number of methoxy groups -OCH3 is 1. The highest BCUT2D eigenvalue weighted by molar-refractivity contribution is 7.13. The number of ether oxygens (including phenoxy) is 2. The molecule has 6 heteroatoms. The van der Waals surface area contributed by atoms with Gasteiger partial charge in [0.1, 0.15) is 0 Å². The van der Waals surface area contributed by atoms with E-state index in [0.29, 0.717) is 5.56 Å². The molecule has 0 fully saturated rings. The lowest BCUT2D eigenvalue weighted by atomic mass is 10.0. The second-order valence-electron chi connectivity index (χ2n) is 9.15. The van der Waals surface area contributed by atoms with Gasteiger partial charge in [-0.25, -0.2) is 9.78 Å². The van der Waals surface area contributed by atoms with Crippen LogP contribution in [-0.2, 0) is 4.74 Å². The molecule has 188 valence electrons. The highest BCUT2D eigenvalue weighted by Gasteiger charge is 2.27. The fourth-order valence-electron chi connectivity index (χ4n) is 5.06. The number of pyridine rings is 1. The van der Waals surface area contributed by atoms with Gasteiger partial charge in [0.15, 0.2) is 11.5 Å². The number of fused-ring (bicyclic) bond motifs is 3. The van der Waals surface area contributed by atoms with Crippen LogP contribution in [0.2, 0.25) is 0 Å². The first kappa shape index (κ1) is 23.2. The lowest BCUT2D eigenvalue weighted by Crippen LogP contribution is -2.16. The summed E-state index contributed by atoms with van der Waals surface area (Å²) in [5, 5.41) is 3.15. The van der Waals surface area contributed by atoms with E-state index in [2.05, 4.69) is 58.8 Å². The minimum absolute atomic E-state index is 0.362. The van der Waals surface area contributed by atoms with E-state index < -0.39 is 0 Å². The molecular formula is C33H22N2O3S. The van der Waals surface area contributed by atoms with Crippen LogP contribution >= 0.6 is 11.3 Å². The van der Waals surface area contributed by atoms with E-state index in [1.54, 1.807) is 23.5 Å². The van der Waals surface area contributed by atoms with Crippen molar-refractivity contribution >= 4 is 45.3 Å². The summed E-state index contributed by atoms with van der Waals surface area (Å²) in [7, 11) is 1.39. The van der Waals surface area contributed by atoms with Gasteiger partial charge in [0.2, 0.25) is 0 Å². The Hall–Kier alpha value is -4.94. The Morgan fingerprint density at radius 1 is 0.795 bits per heavy atom. The Morgan fingerprint density at radius 3 is 2.15 bits per heavy atom. The first-order chi connectivity index (χ1) is 19.2. The molecule has 6 aromatic rings. The minimum atomic E-state index is -0.362. The second kappa shape index (κ2) is 9.42. The Balaban J connectivity index is 1.49. The third-order valence-corrected chi connectivity index (χ3v) is 7.78. The molecule has 5 nitrogen and oxygen atoms in total. The van der Waals surface area contributed by atoms with Crippen LogP contribution in [0.4, 0.5) is 17.1 Å². The van der Waals surface area contributed by atoms with Crippen LogP contribution < -0.4 is 9.64 Å². The number of carbonyl (C=O) groups excluding carboxylic acids is 1. The molecule has 1 aliphatic heterocycles. The van der Waals surface area contributed by atoms with Crippen molar-refractivity contribution in [2.75, 3.05) is 12.0 Å². The molecule has 0 bridgehead atoms. The normalized spacial score (nSPS) is 12.0. The summed E-state index contributed by atoms with van der Waals surface area (Å²) >= 11 is 1.70. The maximum Gasteiger partial charge on any atom is 0.337 e. The molecule has 0 aliphatic carbocycles. The van der Waals surface area contributed by atoms with Gasteiger partial charge in [0.05, 0.1) is 40.9 Å². The van der Waals surface area contributed by atoms with Crippen molar-refractivity contribution in [2.24, 2.45) is 0 Å². The number of aromatic nitrogens is 1. The Kier molecular flexibility index (Phi) is 5.60. The standard InChI is InChI=1S/C33H22N2O3S/c1-37-33(36)22-17-15-21(16-18-22)25-20-24(31-14-7-19-39-31)23-8-6-11-28(32(23)34-25)35-26-9-2-4-12-29(26)38-30-13-5-3-10-27(30)35/h2-20H,1H3. The molecular weight excluding hydrogens is 504 g/mol. The molecule has 0 radical (unpaired) electrons. The van der Waals surface area contributed by atoms with Gasteiger partial charge in [-0.15, -0.1) is 11.3 Å². The Morgan fingerprint density at radius 2 is 1.49 bits per heavy atom. The summed E-state index contributed by atoms with van der Waals surface area (Å²) in [4.78, 5) is 20.6. The fraction of sp³-hybridized carbons (Fsp3) is 0.0303. The number of rotatable bonds is 4. The molecule has 0 spiro atoms. The maximum atomic E-state index is 12.0. The number of benzene rings is 4. The predicted octanol–water partition coefficient (Wildman–Crippen LogP) is 8.99. The van der Waals surface area contributed by atoms with Crippen molar-refractivity contribution in [1.82, 2.24) is 4.98 Å². The van der Waals surface area contributed by atoms with Crippen molar-refractivity contribution in [3.05, 3.63) is 120 Å². The summed E-state index contributed by atoms with van der Waals surface area (Å²) in [5.41, 5.74) is 7.10. The zero-order valence-corrected chi connectivity index (χ0v) is 21.8. The Labute approximate surface area is 229 Å². The van der Waals surface area contributed by atoms with E-state index in [4.69, 9.17) is 14.5 Å². The van der Waals surface area contributed by atoms with E-state index in [0.717, 1.165) is 61.2 Å². The lowest BCUT2D eigenvalue weighted by Gasteiger charge is -2.33. The zero-order chi connectivity index (χ0) is 26.3. The van der Waals surface area contributed by atoms with Crippen molar-refractivity contribution < 1.29 is 14.3 Å². The second-order valence-corrected chi connectivity index (χ2v) is 10.1. The molecule has 3 heterocycles. The highest BCUT2D eigenvalue weighted by atomic mass is 32.1. The van der Waals surface area contributed by atoms with Crippen LogP contribution in [-0.4, -0.2) is 18.1 Å². The fourth-order valence-corrected chi connectivity index (χ4v) is 5.81. The lowest BCUT2D eigenvalue weighted by molar-refractivity contribution is 0.0600. The Bertz CT molecular complexity index is 1800. The molecule has 2 aromatic heterocycles. The van der Waals surface area contributed by atoms with Gasteiger partial charge in [0, 0.05) is 21.4 Å². The average Bonchev–Trinajstić information content (AvgIpc) is 3.54. The largest absolute Gasteiger partial charge is 0.465 e. The first-order valence-corrected chi connectivity index (χ1v) is 13.4. The zero-order valence-electron chi connectivity index (χ0n) is 21.0. The van der Waals surface area contributed by atoms with E-state index in [9.17, 15) is 4.79 Å². The van der Waals surface area contributed by atoms with E-state index in [-0.39, 0.29) is 5.97 Å². The van der Waals surface area contributed by atoms with Gasteiger partial charge in [-0.2, -0.15) is 0 Å². The van der Waals surface area contributed by atoms with E-state index in [1.165, 1.54) is 7.11 Å². The molecule has 0 amide bonds. The number of nitrogens with zero attached hydrogens (tertiary/aromatic N) is 2. The van der Waals surface area contributed by atoms with Gasteiger partial charge >= 0.3 is 5.97 Å². The van der Waals surface area contributed by atoms with Gasteiger partial charge in [-0.05, 0) is 60.0 Å². The van der Waals surface area contributed by atoms with Crippen LogP contribution in [0, 0.1) is 0 Å². The van der Waals surface area contributed by atoms with Crippen LogP contribution in [0.5, 0.6) is 11.5 Å².